The number of morpholine rings is 1. The van der Waals surface area contributed by atoms with Gasteiger partial charge < -0.3 is 14.5 Å². The smallest absolute Gasteiger partial charge is 0.264 e. The third-order valence-corrected chi connectivity index (χ3v) is 8.85. The number of benzene rings is 2. The number of rotatable bonds is 7. The molecule has 0 spiro atoms. The van der Waals surface area contributed by atoms with Crippen molar-refractivity contribution in [1.82, 2.24) is 10.4 Å². The van der Waals surface area contributed by atoms with E-state index >= 15 is 0 Å². The molecule has 2 aliphatic rings. The second-order valence-corrected chi connectivity index (χ2v) is 11.4. The summed E-state index contributed by atoms with van der Waals surface area (Å²) in [6.45, 7) is 4.84. The van der Waals surface area contributed by atoms with E-state index in [-0.39, 0.29) is 18.9 Å². The Morgan fingerprint density at radius 2 is 1.76 bits per heavy atom. The zero-order chi connectivity index (χ0) is 24.5. The van der Waals surface area contributed by atoms with Gasteiger partial charge in [-0.05, 0) is 54.3 Å². The highest BCUT2D eigenvalue weighted by atomic mass is 32.2. The molecular weight excluding hydrogens is 458 g/mol. The summed E-state index contributed by atoms with van der Waals surface area (Å²) in [6, 6.07) is 14.0. The summed E-state index contributed by atoms with van der Waals surface area (Å²) in [5.41, 5.74) is 6.03. The third-order valence-electron chi connectivity index (χ3n) is 6.82. The molecule has 0 bridgehead atoms. The lowest BCUT2D eigenvalue weighted by Gasteiger charge is -2.28. The molecule has 10 heteroatoms. The van der Waals surface area contributed by atoms with E-state index in [1.54, 1.807) is 6.07 Å². The second kappa shape index (κ2) is 9.36. The normalized spacial score (nSPS) is 17.9. The second-order valence-electron chi connectivity index (χ2n) is 8.94. The number of ether oxygens (including phenoxy) is 1. The Balaban J connectivity index is 1.48. The van der Waals surface area contributed by atoms with Crippen molar-refractivity contribution in [2.45, 2.75) is 24.6 Å². The van der Waals surface area contributed by atoms with Crippen LogP contribution in [0.1, 0.15) is 29.3 Å². The van der Waals surface area contributed by atoms with Gasteiger partial charge in [0.15, 0.2) is 14.6 Å². The molecule has 2 aliphatic heterocycles. The van der Waals surface area contributed by atoms with E-state index in [0.29, 0.717) is 12.1 Å². The zero-order valence-corrected chi connectivity index (χ0v) is 20.1. The lowest BCUT2D eigenvalue weighted by molar-refractivity contribution is -0.131. The van der Waals surface area contributed by atoms with Crippen LogP contribution in [0, 0.1) is 0 Å². The molecule has 2 N–H and O–H groups in total. The fourth-order valence-corrected chi connectivity index (χ4v) is 5.21. The zero-order valence-electron chi connectivity index (χ0n) is 19.3. The standard InChI is InChI=1S/C24H29N3O6S/c1-24(23(29)25-30,34(2,31)32)9-10-27-16-19-15-18(5-8-21(19)22(27)28)17-3-6-20(7-4-17)26-11-13-33-14-12-26/h3-8,15,30H,9-14,16H2,1-2H3,(H,25,29). The maximum Gasteiger partial charge on any atom is 0.264 e. The largest absolute Gasteiger partial charge is 0.378 e. The Labute approximate surface area is 199 Å². The molecule has 4 rings (SSSR count). The molecule has 0 saturated carbocycles. The molecule has 2 heterocycles. The predicted molar refractivity (Wildman–Crippen MR) is 127 cm³/mol. The molecule has 2 aromatic carbocycles. The number of amides is 2. The quantitative estimate of drug-likeness (QED) is 0.452. The average molecular weight is 488 g/mol. The Morgan fingerprint density at radius 1 is 1.12 bits per heavy atom. The summed E-state index contributed by atoms with van der Waals surface area (Å²) >= 11 is 0. The highest BCUT2D eigenvalue weighted by Gasteiger charge is 2.44. The van der Waals surface area contributed by atoms with E-state index in [1.807, 2.05) is 12.1 Å². The summed E-state index contributed by atoms with van der Waals surface area (Å²) in [5, 5.41) is 9.00. The number of sulfone groups is 1. The number of hydroxylamine groups is 1. The minimum Gasteiger partial charge on any atom is -0.378 e. The highest BCUT2D eigenvalue weighted by Crippen LogP contribution is 2.31. The van der Waals surface area contributed by atoms with Gasteiger partial charge >= 0.3 is 0 Å². The van der Waals surface area contributed by atoms with Crippen LogP contribution in [-0.2, 0) is 25.9 Å². The van der Waals surface area contributed by atoms with Gasteiger partial charge in [0.2, 0.25) is 0 Å². The van der Waals surface area contributed by atoms with Crippen LogP contribution in [0.15, 0.2) is 42.5 Å². The van der Waals surface area contributed by atoms with Gasteiger partial charge in [-0.2, -0.15) is 0 Å². The molecule has 2 amide bonds. The molecule has 0 radical (unpaired) electrons. The Bertz CT molecular complexity index is 1190. The SMILES string of the molecule is CC(CCN1Cc2cc(-c3ccc(N4CCOCC4)cc3)ccc2C1=O)(C(=O)NO)S(C)(=O)=O. The predicted octanol–water partition coefficient (Wildman–Crippen LogP) is 1.84. The average Bonchev–Trinajstić information content (AvgIpc) is 3.16. The van der Waals surface area contributed by atoms with Crippen molar-refractivity contribution >= 4 is 27.3 Å². The van der Waals surface area contributed by atoms with Crippen LogP contribution in [0.2, 0.25) is 0 Å². The van der Waals surface area contributed by atoms with Gasteiger partial charge in [-0.15, -0.1) is 0 Å². The summed E-state index contributed by atoms with van der Waals surface area (Å²) in [7, 11) is -3.83. The van der Waals surface area contributed by atoms with Crippen molar-refractivity contribution in [3.8, 4) is 11.1 Å². The van der Waals surface area contributed by atoms with E-state index in [2.05, 4.69) is 29.2 Å². The molecule has 9 nitrogen and oxygen atoms in total. The van der Waals surface area contributed by atoms with E-state index in [1.165, 1.54) is 17.3 Å². The van der Waals surface area contributed by atoms with Gasteiger partial charge in [0.25, 0.3) is 11.8 Å². The maximum absolute atomic E-state index is 12.9. The molecule has 34 heavy (non-hydrogen) atoms. The van der Waals surface area contributed by atoms with Crippen LogP contribution >= 0.6 is 0 Å². The molecule has 0 aliphatic carbocycles. The molecular formula is C24H29N3O6S. The van der Waals surface area contributed by atoms with Gasteiger partial charge in [-0.1, -0.05) is 18.2 Å². The fourth-order valence-electron chi connectivity index (χ4n) is 4.36. The summed E-state index contributed by atoms with van der Waals surface area (Å²) in [6.07, 6.45) is 0.813. The van der Waals surface area contributed by atoms with Gasteiger partial charge in [0.05, 0.1) is 13.2 Å². The first kappa shape index (κ1) is 24.2. The van der Waals surface area contributed by atoms with Crippen LogP contribution in [0.3, 0.4) is 0 Å². The van der Waals surface area contributed by atoms with Crippen LogP contribution in [0.25, 0.3) is 11.1 Å². The lowest BCUT2D eigenvalue weighted by Crippen LogP contribution is -2.50. The Morgan fingerprint density at radius 3 is 2.38 bits per heavy atom. The first-order valence-electron chi connectivity index (χ1n) is 11.1. The molecule has 1 saturated heterocycles. The van der Waals surface area contributed by atoms with E-state index in [0.717, 1.165) is 54.9 Å². The van der Waals surface area contributed by atoms with Crippen molar-refractivity contribution in [3.05, 3.63) is 53.6 Å². The molecule has 182 valence electrons. The fraction of sp³-hybridized carbons (Fsp3) is 0.417. The van der Waals surface area contributed by atoms with Crippen LogP contribution in [0.4, 0.5) is 5.69 Å². The van der Waals surface area contributed by atoms with Crippen molar-refractivity contribution in [2.75, 3.05) is 44.0 Å². The number of hydrogen-bond donors (Lipinski definition) is 2. The Hall–Kier alpha value is -2.95. The lowest BCUT2D eigenvalue weighted by atomic mass is 10.00. The van der Waals surface area contributed by atoms with Gasteiger partial charge in [0, 0.05) is 43.7 Å². The molecule has 1 atom stereocenters. The topological polar surface area (TPSA) is 116 Å². The minimum atomic E-state index is -3.83. The van der Waals surface area contributed by atoms with E-state index in [9.17, 15) is 18.0 Å². The summed E-state index contributed by atoms with van der Waals surface area (Å²) in [5.74, 6) is -1.22. The highest BCUT2D eigenvalue weighted by molar-refractivity contribution is 7.92. The minimum absolute atomic E-state index is 0.0636. The van der Waals surface area contributed by atoms with Crippen LogP contribution in [-0.4, -0.2) is 74.2 Å². The van der Waals surface area contributed by atoms with Crippen LogP contribution < -0.4 is 10.4 Å². The van der Waals surface area contributed by atoms with Gasteiger partial charge in [-0.3, -0.25) is 14.8 Å². The third kappa shape index (κ3) is 4.53. The van der Waals surface area contributed by atoms with Crippen molar-refractivity contribution in [2.24, 2.45) is 0 Å². The number of carbonyl (C=O) groups excluding carboxylic acids is 2. The number of hydrogen-bond acceptors (Lipinski definition) is 7. The number of carbonyl (C=O) groups is 2. The van der Waals surface area contributed by atoms with Crippen LogP contribution in [0.5, 0.6) is 0 Å². The molecule has 1 unspecified atom stereocenters. The summed E-state index contributed by atoms with van der Waals surface area (Å²) in [4.78, 5) is 28.8. The number of nitrogens with zero attached hydrogens (tertiary/aromatic N) is 2. The van der Waals surface area contributed by atoms with Crippen molar-refractivity contribution < 1.29 is 28.0 Å². The Kier molecular flexibility index (Phi) is 6.66. The molecule has 2 aromatic rings. The monoisotopic (exact) mass is 487 g/mol. The van der Waals surface area contributed by atoms with Crippen molar-refractivity contribution in [1.29, 1.82) is 0 Å². The van der Waals surface area contributed by atoms with E-state index in [4.69, 9.17) is 9.94 Å². The molecule has 0 aromatic heterocycles. The van der Waals surface area contributed by atoms with Gasteiger partial charge in [0.1, 0.15) is 0 Å². The maximum atomic E-state index is 12.9. The summed E-state index contributed by atoms with van der Waals surface area (Å²) < 4.78 is 28.0. The number of fused-ring (bicyclic) bond motifs is 1. The number of anilines is 1. The van der Waals surface area contributed by atoms with Gasteiger partial charge in [-0.25, -0.2) is 13.9 Å². The molecule has 1 fully saturated rings. The van der Waals surface area contributed by atoms with E-state index < -0.39 is 20.5 Å². The number of nitrogens with one attached hydrogen (secondary N) is 1. The first-order chi connectivity index (χ1) is 16.1. The first-order valence-corrected chi connectivity index (χ1v) is 13.0. The van der Waals surface area contributed by atoms with Crippen molar-refractivity contribution in [3.63, 3.8) is 0 Å².